The third-order valence-corrected chi connectivity index (χ3v) is 3.30. The summed E-state index contributed by atoms with van der Waals surface area (Å²) >= 11 is 11.9. The molecule has 104 valence electrons. The Bertz CT molecular complexity index is 477. The molecule has 0 aliphatic heterocycles. The normalized spacial score (nSPS) is 10.1. The van der Waals surface area contributed by atoms with E-state index >= 15 is 0 Å². The number of amides is 1. The summed E-state index contributed by atoms with van der Waals surface area (Å²) in [6.07, 6.45) is 0. The lowest BCUT2D eigenvalue weighted by Gasteiger charge is -2.20. The predicted molar refractivity (Wildman–Crippen MR) is 74.7 cm³/mol. The van der Waals surface area contributed by atoms with Gasteiger partial charge in [0.15, 0.2) is 0 Å². The summed E-state index contributed by atoms with van der Waals surface area (Å²) in [7, 11) is 0. The number of likely N-dealkylation sites (N-methyl/N-ethyl adjacent to an activating group) is 1. The van der Waals surface area contributed by atoms with E-state index in [1.54, 1.807) is 32.0 Å². The topological polar surface area (TPSA) is 46.6 Å². The second kappa shape index (κ2) is 7.36. The number of rotatable bonds is 5. The van der Waals surface area contributed by atoms with Crippen molar-refractivity contribution in [2.45, 2.75) is 13.8 Å². The van der Waals surface area contributed by atoms with Crippen molar-refractivity contribution in [3.8, 4) is 0 Å². The van der Waals surface area contributed by atoms with Crippen LogP contribution in [0.1, 0.15) is 24.2 Å². The molecule has 1 rings (SSSR count). The first kappa shape index (κ1) is 15.8. The molecule has 1 aromatic carbocycles. The van der Waals surface area contributed by atoms with E-state index in [9.17, 15) is 9.59 Å². The lowest BCUT2D eigenvalue weighted by atomic mass is 10.2. The van der Waals surface area contributed by atoms with Crippen molar-refractivity contribution in [2.75, 3.05) is 19.7 Å². The van der Waals surface area contributed by atoms with Crippen LogP contribution in [-0.2, 0) is 9.53 Å². The number of hydrogen-bond acceptors (Lipinski definition) is 3. The van der Waals surface area contributed by atoms with Crippen molar-refractivity contribution in [3.63, 3.8) is 0 Å². The van der Waals surface area contributed by atoms with E-state index in [0.29, 0.717) is 11.6 Å². The number of carbonyl (C=O) groups is 2. The van der Waals surface area contributed by atoms with E-state index in [2.05, 4.69) is 0 Å². The fraction of sp³-hybridized carbons (Fsp3) is 0.385. The SMILES string of the molecule is CCOC(=O)CN(CC)C(=O)c1cccc(Cl)c1Cl. The number of ether oxygens (including phenoxy) is 1. The molecule has 4 nitrogen and oxygen atoms in total. The first-order valence-corrected chi connectivity index (χ1v) is 6.65. The van der Waals surface area contributed by atoms with Crippen LogP contribution in [0.15, 0.2) is 18.2 Å². The average molecular weight is 304 g/mol. The van der Waals surface area contributed by atoms with Crippen LogP contribution in [0.4, 0.5) is 0 Å². The highest BCUT2D eigenvalue weighted by atomic mass is 35.5. The number of hydrogen-bond donors (Lipinski definition) is 0. The van der Waals surface area contributed by atoms with Gasteiger partial charge in [-0.05, 0) is 26.0 Å². The van der Waals surface area contributed by atoms with Gasteiger partial charge in [-0.25, -0.2) is 0 Å². The summed E-state index contributed by atoms with van der Waals surface area (Å²) in [6, 6.07) is 4.81. The van der Waals surface area contributed by atoms with Crippen LogP contribution < -0.4 is 0 Å². The van der Waals surface area contributed by atoms with Gasteiger partial charge in [0.1, 0.15) is 6.54 Å². The fourth-order valence-electron chi connectivity index (χ4n) is 1.53. The largest absolute Gasteiger partial charge is 0.465 e. The maximum absolute atomic E-state index is 12.3. The van der Waals surface area contributed by atoms with Crippen LogP contribution in [0.3, 0.4) is 0 Å². The van der Waals surface area contributed by atoms with Gasteiger partial charge in [-0.3, -0.25) is 9.59 Å². The Kier molecular flexibility index (Phi) is 6.12. The van der Waals surface area contributed by atoms with Crippen molar-refractivity contribution in [3.05, 3.63) is 33.8 Å². The van der Waals surface area contributed by atoms with Gasteiger partial charge in [-0.15, -0.1) is 0 Å². The molecule has 6 heteroatoms. The van der Waals surface area contributed by atoms with Crippen molar-refractivity contribution in [1.29, 1.82) is 0 Å². The minimum absolute atomic E-state index is 0.105. The summed E-state index contributed by atoms with van der Waals surface area (Å²) in [5.41, 5.74) is 0.278. The summed E-state index contributed by atoms with van der Waals surface area (Å²) in [5.74, 6) is -0.793. The van der Waals surface area contributed by atoms with Gasteiger partial charge in [0, 0.05) is 6.54 Å². The number of carbonyl (C=O) groups excluding carboxylic acids is 2. The Morgan fingerprint density at radius 3 is 2.53 bits per heavy atom. The van der Waals surface area contributed by atoms with Gasteiger partial charge >= 0.3 is 5.97 Å². The zero-order chi connectivity index (χ0) is 14.4. The third kappa shape index (κ3) is 4.11. The molecule has 0 saturated heterocycles. The second-order valence-electron chi connectivity index (χ2n) is 3.73. The minimum Gasteiger partial charge on any atom is -0.465 e. The van der Waals surface area contributed by atoms with Crippen LogP contribution in [0.25, 0.3) is 0 Å². The lowest BCUT2D eigenvalue weighted by Crippen LogP contribution is -2.36. The maximum atomic E-state index is 12.3. The molecule has 0 atom stereocenters. The van der Waals surface area contributed by atoms with E-state index in [1.165, 1.54) is 4.90 Å². The first-order chi connectivity index (χ1) is 9.01. The quantitative estimate of drug-likeness (QED) is 0.786. The van der Waals surface area contributed by atoms with Crippen molar-refractivity contribution >= 4 is 35.1 Å². The number of nitrogens with zero attached hydrogens (tertiary/aromatic N) is 1. The minimum atomic E-state index is -0.448. The van der Waals surface area contributed by atoms with Crippen LogP contribution >= 0.6 is 23.2 Å². The number of esters is 1. The van der Waals surface area contributed by atoms with Crippen molar-refractivity contribution in [1.82, 2.24) is 4.90 Å². The lowest BCUT2D eigenvalue weighted by molar-refractivity contribution is -0.143. The zero-order valence-electron chi connectivity index (χ0n) is 10.8. The fourth-order valence-corrected chi connectivity index (χ4v) is 1.91. The van der Waals surface area contributed by atoms with Crippen molar-refractivity contribution < 1.29 is 14.3 Å². The summed E-state index contributed by atoms with van der Waals surface area (Å²) in [5, 5.41) is 0.496. The molecular formula is C13H15Cl2NO3. The molecule has 0 aromatic heterocycles. The molecule has 0 unspecified atom stereocenters. The molecule has 0 spiro atoms. The summed E-state index contributed by atoms with van der Waals surface area (Å²) < 4.78 is 4.82. The van der Waals surface area contributed by atoms with Crippen LogP contribution in [-0.4, -0.2) is 36.5 Å². The highest BCUT2D eigenvalue weighted by Gasteiger charge is 2.21. The predicted octanol–water partition coefficient (Wildman–Crippen LogP) is 3.02. The van der Waals surface area contributed by atoms with Crippen molar-refractivity contribution in [2.24, 2.45) is 0 Å². The van der Waals surface area contributed by atoms with Gasteiger partial charge in [0.05, 0.1) is 22.2 Å². The Hall–Kier alpha value is -1.26. The van der Waals surface area contributed by atoms with Gasteiger partial charge in [-0.2, -0.15) is 0 Å². The molecule has 0 N–H and O–H groups in total. The molecular weight excluding hydrogens is 289 g/mol. The Balaban J connectivity index is 2.89. The Morgan fingerprint density at radius 2 is 1.95 bits per heavy atom. The van der Waals surface area contributed by atoms with E-state index < -0.39 is 5.97 Å². The smallest absolute Gasteiger partial charge is 0.325 e. The van der Waals surface area contributed by atoms with E-state index in [0.717, 1.165) is 0 Å². The highest BCUT2D eigenvalue weighted by Crippen LogP contribution is 2.26. The number of benzene rings is 1. The summed E-state index contributed by atoms with van der Waals surface area (Å²) in [6.45, 7) is 4.04. The molecule has 0 aliphatic carbocycles. The van der Waals surface area contributed by atoms with Gasteiger partial charge in [0.25, 0.3) is 5.91 Å². The maximum Gasteiger partial charge on any atom is 0.325 e. The monoisotopic (exact) mass is 303 g/mol. The average Bonchev–Trinajstić information content (AvgIpc) is 2.39. The molecule has 1 aromatic rings. The van der Waals surface area contributed by atoms with Gasteiger partial charge in [0.2, 0.25) is 0 Å². The highest BCUT2D eigenvalue weighted by molar-refractivity contribution is 6.43. The third-order valence-electron chi connectivity index (χ3n) is 2.48. The Morgan fingerprint density at radius 1 is 1.26 bits per heavy atom. The molecule has 0 fully saturated rings. The molecule has 0 saturated carbocycles. The van der Waals surface area contributed by atoms with Gasteiger partial charge in [-0.1, -0.05) is 29.3 Å². The van der Waals surface area contributed by atoms with Gasteiger partial charge < -0.3 is 9.64 Å². The first-order valence-electron chi connectivity index (χ1n) is 5.90. The van der Waals surface area contributed by atoms with Crippen LogP contribution in [0.5, 0.6) is 0 Å². The molecule has 0 bridgehead atoms. The molecule has 0 heterocycles. The molecule has 0 aliphatic rings. The summed E-state index contributed by atoms with van der Waals surface area (Å²) in [4.78, 5) is 25.0. The molecule has 0 radical (unpaired) electrons. The molecule has 1 amide bonds. The second-order valence-corrected chi connectivity index (χ2v) is 4.51. The van der Waals surface area contributed by atoms with E-state index in [1.807, 2.05) is 0 Å². The molecule has 19 heavy (non-hydrogen) atoms. The Labute approximate surface area is 122 Å². The van der Waals surface area contributed by atoms with Crippen LogP contribution in [0, 0.1) is 0 Å². The van der Waals surface area contributed by atoms with E-state index in [4.69, 9.17) is 27.9 Å². The van der Waals surface area contributed by atoms with Crippen LogP contribution in [0.2, 0.25) is 10.0 Å². The zero-order valence-corrected chi connectivity index (χ0v) is 12.3. The number of halogens is 2. The van der Waals surface area contributed by atoms with E-state index in [-0.39, 0.29) is 29.6 Å². The standard InChI is InChI=1S/C13H15Cl2NO3/c1-3-16(8-11(17)19-4-2)13(18)9-6-5-7-10(14)12(9)15/h5-7H,3-4,8H2,1-2H3.